The van der Waals surface area contributed by atoms with Crippen LogP contribution in [0.15, 0.2) is 46.9 Å². The highest BCUT2D eigenvalue weighted by Crippen LogP contribution is 2.19. The Morgan fingerprint density at radius 2 is 1.68 bits per heavy atom. The second-order valence-electron chi connectivity index (χ2n) is 6.73. The van der Waals surface area contributed by atoms with Gasteiger partial charge in [-0.25, -0.2) is 8.42 Å². The maximum absolute atomic E-state index is 12.3. The minimum atomic E-state index is -3.65. The van der Waals surface area contributed by atoms with E-state index in [1.807, 2.05) is 32.0 Å². The molecular formula is C20H23BrN2O4S. The number of nitrogens with zero attached hydrogens (tertiary/aromatic N) is 1. The van der Waals surface area contributed by atoms with E-state index in [0.29, 0.717) is 11.3 Å². The van der Waals surface area contributed by atoms with Crippen LogP contribution in [-0.4, -0.2) is 44.5 Å². The predicted octanol–water partition coefficient (Wildman–Crippen LogP) is 3.08. The van der Waals surface area contributed by atoms with Gasteiger partial charge in [0.2, 0.25) is 11.8 Å². The molecule has 150 valence electrons. The molecule has 0 saturated heterocycles. The quantitative estimate of drug-likeness (QED) is 0.679. The van der Waals surface area contributed by atoms with E-state index in [4.69, 9.17) is 0 Å². The number of para-hydroxylation sites is 1. The number of benzene rings is 2. The first-order chi connectivity index (χ1) is 13.1. The van der Waals surface area contributed by atoms with Gasteiger partial charge in [0.25, 0.3) is 0 Å². The predicted molar refractivity (Wildman–Crippen MR) is 114 cm³/mol. The minimum absolute atomic E-state index is 0.223. The average molecular weight is 467 g/mol. The smallest absolute Gasteiger partial charge is 0.243 e. The van der Waals surface area contributed by atoms with Gasteiger partial charge in [0.1, 0.15) is 5.75 Å². The number of amides is 2. The molecule has 8 heteroatoms. The summed E-state index contributed by atoms with van der Waals surface area (Å²) in [7, 11) is -2.23. The molecule has 2 amide bonds. The Bertz CT molecular complexity index is 969. The van der Waals surface area contributed by atoms with Crippen molar-refractivity contribution in [2.75, 3.05) is 24.7 Å². The molecule has 0 atom stereocenters. The van der Waals surface area contributed by atoms with E-state index in [1.165, 1.54) is 7.05 Å². The number of likely N-dealkylation sites (N-methyl/N-ethyl adjacent to an activating group) is 1. The molecule has 2 aromatic carbocycles. The fourth-order valence-electron chi connectivity index (χ4n) is 2.72. The van der Waals surface area contributed by atoms with Crippen LogP contribution < -0.4 is 5.32 Å². The van der Waals surface area contributed by atoms with Gasteiger partial charge in [-0.15, -0.1) is 0 Å². The molecule has 6 nitrogen and oxygen atoms in total. The van der Waals surface area contributed by atoms with Crippen LogP contribution in [0.3, 0.4) is 0 Å². The molecule has 0 spiro atoms. The molecule has 28 heavy (non-hydrogen) atoms. The second kappa shape index (κ2) is 9.34. The van der Waals surface area contributed by atoms with E-state index in [9.17, 15) is 18.0 Å². The number of hydrogen-bond donors (Lipinski definition) is 1. The van der Waals surface area contributed by atoms with Crippen LogP contribution in [0.4, 0.5) is 5.69 Å². The molecule has 0 aliphatic heterocycles. The van der Waals surface area contributed by atoms with Gasteiger partial charge in [-0.3, -0.25) is 9.59 Å². The van der Waals surface area contributed by atoms with Crippen LogP contribution in [0.25, 0.3) is 0 Å². The van der Waals surface area contributed by atoms with Gasteiger partial charge in [0, 0.05) is 17.2 Å². The van der Waals surface area contributed by atoms with E-state index < -0.39 is 21.5 Å². The topological polar surface area (TPSA) is 83.6 Å². The fourth-order valence-corrected chi connectivity index (χ4v) is 4.56. The van der Waals surface area contributed by atoms with Crippen LogP contribution >= 0.6 is 15.9 Å². The standard InChI is InChI=1S/C20H23BrN2O4S/c1-14-6-4-7-15(2)20(14)22-18(24)11-23(3)19(25)13-28(26,27)12-16-8-5-9-17(21)10-16/h4-10H,11-13H2,1-3H3,(H,22,24). The van der Waals surface area contributed by atoms with Gasteiger partial charge in [-0.1, -0.05) is 46.3 Å². The number of carbonyl (C=O) groups excluding carboxylic acids is 2. The Kier molecular flexibility index (Phi) is 7.37. The number of hydrogen-bond acceptors (Lipinski definition) is 4. The first kappa shape index (κ1) is 22.1. The zero-order valence-electron chi connectivity index (χ0n) is 16.0. The number of sulfone groups is 1. The number of rotatable bonds is 7. The highest BCUT2D eigenvalue weighted by Gasteiger charge is 2.22. The lowest BCUT2D eigenvalue weighted by atomic mass is 10.1. The van der Waals surface area contributed by atoms with Crippen molar-refractivity contribution < 1.29 is 18.0 Å². The van der Waals surface area contributed by atoms with Crippen molar-refractivity contribution in [3.05, 3.63) is 63.6 Å². The van der Waals surface area contributed by atoms with E-state index in [2.05, 4.69) is 21.2 Å². The largest absolute Gasteiger partial charge is 0.336 e. The molecule has 2 rings (SSSR count). The molecule has 0 aliphatic carbocycles. The highest BCUT2D eigenvalue weighted by atomic mass is 79.9. The molecule has 2 aromatic rings. The minimum Gasteiger partial charge on any atom is -0.336 e. The lowest BCUT2D eigenvalue weighted by Gasteiger charge is -2.18. The summed E-state index contributed by atoms with van der Waals surface area (Å²) >= 11 is 3.29. The Morgan fingerprint density at radius 3 is 2.29 bits per heavy atom. The van der Waals surface area contributed by atoms with Gasteiger partial charge >= 0.3 is 0 Å². The van der Waals surface area contributed by atoms with E-state index >= 15 is 0 Å². The Balaban J connectivity index is 1.95. The van der Waals surface area contributed by atoms with Crippen molar-refractivity contribution in [2.45, 2.75) is 19.6 Å². The monoisotopic (exact) mass is 466 g/mol. The molecule has 0 saturated carbocycles. The zero-order chi connectivity index (χ0) is 20.9. The van der Waals surface area contributed by atoms with Crippen molar-refractivity contribution in [3.8, 4) is 0 Å². The third-order valence-corrected chi connectivity index (χ3v) is 6.12. The van der Waals surface area contributed by atoms with E-state index in [1.54, 1.807) is 24.3 Å². The number of carbonyl (C=O) groups is 2. The second-order valence-corrected chi connectivity index (χ2v) is 9.71. The first-order valence-electron chi connectivity index (χ1n) is 8.62. The zero-order valence-corrected chi connectivity index (χ0v) is 18.4. The fraction of sp³-hybridized carbons (Fsp3) is 0.300. The Hall–Kier alpha value is -2.19. The molecule has 0 aromatic heterocycles. The lowest BCUT2D eigenvalue weighted by Crippen LogP contribution is -2.38. The molecule has 0 bridgehead atoms. The summed E-state index contributed by atoms with van der Waals surface area (Å²) in [5, 5.41) is 2.79. The van der Waals surface area contributed by atoms with E-state index in [0.717, 1.165) is 20.5 Å². The third-order valence-electron chi connectivity index (χ3n) is 4.17. The summed E-state index contributed by atoms with van der Waals surface area (Å²) in [6.45, 7) is 3.54. The maximum atomic E-state index is 12.3. The summed E-state index contributed by atoms with van der Waals surface area (Å²) in [5.41, 5.74) is 3.13. The summed E-state index contributed by atoms with van der Waals surface area (Å²) in [6, 6.07) is 12.6. The van der Waals surface area contributed by atoms with Gasteiger partial charge < -0.3 is 10.2 Å². The molecule has 0 radical (unpaired) electrons. The maximum Gasteiger partial charge on any atom is 0.243 e. The van der Waals surface area contributed by atoms with E-state index in [-0.39, 0.29) is 18.2 Å². The molecular weight excluding hydrogens is 444 g/mol. The van der Waals surface area contributed by atoms with Gasteiger partial charge in [0.15, 0.2) is 9.84 Å². The number of nitrogens with one attached hydrogen (secondary N) is 1. The number of anilines is 1. The van der Waals surface area contributed by atoms with Crippen molar-refractivity contribution in [1.82, 2.24) is 4.90 Å². The van der Waals surface area contributed by atoms with Crippen LogP contribution in [0, 0.1) is 13.8 Å². The molecule has 1 N–H and O–H groups in total. The average Bonchev–Trinajstić information content (AvgIpc) is 2.57. The van der Waals surface area contributed by atoms with Crippen molar-refractivity contribution in [2.24, 2.45) is 0 Å². The van der Waals surface area contributed by atoms with Gasteiger partial charge in [-0.2, -0.15) is 0 Å². The summed E-state index contributed by atoms with van der Waals surface area (Å²) in [6.07, 6.45) is 0. The summed E-state index contributed by atoms with van der Waals surface area (Å²) in [4.78, 5) is 25.7. The van der Waals surface area contributed by atoms with Gasteiger partial charge in [-0.05, 0) is 42.7 Å². The van der Waals surface area contributed by atoms with Crippen LogP contribution in [0.2, 0.25) is 0 Å². The molecule has 0 heterocycles. The summed E-state index contributed by atoms with van der Waals surface area (Å²) in [5.74, 6) is -1.88. The van der Waals surface area contributed by atoms with Crippen LogP contribution in [0.5, 0.6) is 0 Å². The van der Waals surface area contributed by atoms with Crippen molar-refractivity contribution in [1.29, 1.82) is 0 Å². The van der Waals surface area contributed by atoms with Crippen molar-refractivity contribution >= 4 is 43.3 Å². The third kappa shape index (κ3) is 6.45. The number of halogens is 1. The Morgan fingerprint density at radius 1 is 1.07 bits per heavy atom. The summed E-state index contributed by atoms with van der Waals surface area (Å²) < 4.78 is 25.4. The normalized spacial score (nSPS) is 11.1. The van der Waals surface area contributed by atoms with Crippen molar-refractivity contribution in [3.63, 3.8) is 0 Å². The molecule has 0 fully saturated rings. The lowest BCUT2D eigenvalue weighted by molar-refractivity contribution is -0.131. The molecule has 0 unspecified atom stereocenters. The SMILES string of the molecule is Cc1cccc(C)c1NC(=O)CN(C)C(=O)CS(=O)(=O)Cc1cccc(Br)c1. The van der Waals surface area contributed by atoms with Crippen LogP contribution in [0.1, 0.15) is 16.7 Å². The molecule has 0 aliphatic rings. The van der Waals surface area contributed by atoms with Crippen LogP contribution in [-0.2, 0) is 25.2 Å². The number of aryl methyl sites for hydroxylation is 2. The van der Waals surface area contributed by atoms with Gasteiger partial charge in [0.05, 0.1) is 12.3 Å². The Labute approximate surface area is 174 Å². The highest BCUT2D eigenvalue weighted by molar-refractivity contribution is 9.10. The first-order valence-corrected chi connectivity index (χ1v) is 11.2.